The van der Waals surface area contributed by atoms with Gasteiger partial charge in [0, 0.05) is 19.6 Å². The number of hydrogen-bond acceptors (Lipinski definition) is 7. The summed E-state index contributed by atoms with van der Waals surface area (Å²) in [6.07, 6.45) is 52.4. The molecule has 0 saturated heterocycles. The van der Waals surface area contributed by atoms with E-state index < -0.39 is 13.9 Å². The van der Waals surface area contributed by atoms with E-state index in [1.54, 1.807) is 0 Å². The van der Waals surface area contributed by atoms with Gasteiger partial charge in [-0.2, -0.15) is 0 Å². The van der Waals surface area contributed by atoms with Gasteiger partial charge < -0.3 is 20.1 Å². The number of ether oxygens (including phenoxy) is 2. The van der Waals surface area contributed by atoms with Crippen LogP contribution in [-0.2, 0) is 27.9 Å². The molecule has 0 aliphatic carbocycles. The molecule has 2 atom stereocenters. The molecule has 346 valence electrons. The van der Waals surface area contributed by atoms with Crippen molar-refractivity contribution in [2.45, 2.75) is 264 Å². The maximum absolute atomic E-state index is 12.6. The van der Waals surface area contributed by atoms with Crippen molar-refractivity contribution in [2.75, 3.05) is 33.0 Å². The van der Waals surface area contributed by atoms with E-state index in [0.717, 1.165) is 32.1 Å². The topological polar surface area (TPSA) is 117 Å². The van der Waals surface area contributed by atoms with Crippen LogP contribution < -0.4 is 5.73 Å². The second-order valence-corrected chi connectivity index (χ2v) is 18.5. The first-order valence-electron chi connectivity index (χ1n) is 25.2. The van der Waals surface area contributed by atoms with Crippen LogP contribution in [0.3, 0.4) is 0 Å². The van der Waals surface area contributed by atoms with E-state index in [4.69, 9.17) is 24.3 Å². The number of phosphoric ester groups is 1. The highest BCUT2D eigenvalue weighted by atomic mass is 31.2. The summed E-state index contributed by atoms with van der Waals surface area (Å²) in [4.78, 5) is 22.6. The summed E-state index contributed by atoms with van der Waals surface area (Å²) in [6, 6.07) is 0. The standard InChI is InChI=1S/C49H98NO7P/c1-3-5-7-9-11-13-15-17-19-21-22-23-24-25-27-29-31-33-35-37-39-41-44-54-46-48(47-56-58(52,53)55-45-43-50)57-49(51)42-40-38-36-34-32-30-28-26-20-18-16-14-12-10-8-6-4-2/h18,20,48H,3-17,19,21-47,50H2,1-2H3,(H,52,53)/b20-18-. The molecular formula is C49H98NO7P. The fourth-order valence-electron chi connectivity index (χ4n) is 7.46. The number of rotatable bonds is 49. The van der Waals surface area contributed by atoms with Crippen LogP contribution >= 0.6 is 7.82 Å². The molecule has 0 aromatic heterocycles. The van der Waals surface area contributed by atoms with Crippen LogP contribution in [0.15, 0.2) is 12.2 Å². The number of unbranched alkanes of at least 4 members (excludes halogenated alkanes) is 34. The van der Waals surface area contributed by atoms with E-state index in [1.807, 2.05) is 0 Å². The highest BCUT2D eigenvalue weighted by Crippen LogP contribution is 2.43. The molecule has 0 spiro atoms. The number of phosphoric acid groups is 1. The Bertz CT molecular complexity index is 904. The Kier molecular flexibility index (Phi) is 46.7. The molecule has 2 unspecified atom stereocenters. The summed E-state index contributed by atoms with van der Waals surface area (Å²) in [5.41, 5.74) is 5.39. The van der Waals surface area contributed by atoms with Gasteiger partial charge in [0.05, 0.1) is 19.8 Å². The molecule has 0 rings (SSSR count). The Hall–Kier alpha value is -0.760. The van der Waals surface area contributed by atoms with Crippen molar-refractivity contribution in [1.82, 2.24) is 0 Å². The summed E-state index contributed by atoms with van der Waals surface area (Å²) >= 11 is 0. The Balaban J connectivity index is 3.90. The SMILES string of the molecule is CCCCCCCC/C=C\CCCCCCCCCC(=O)OC(COCCCCCCCCCCCCCCCCCCCCCCCC)COP(=O)(O)OCCN. The summed E-state index contributed by atoms with van der Waals surface area (Å²) in [7, 11) is -4.28. The van der Waals surface area contributed by atoms with Gasteiger partial charge in [0.15, 0.2) is 0 Å². The third-order valence-corrected chi connectivity index (χ3v) is 12.2. The van der Waals surface area contributed by atoms with Gasteiger partial charge in [-0.1, -0.05) is 225 Å². The zero-order valence-corrected chi connectivity index (χ0v) is 39.5. The number of hydrogen-bond donors (Lipinski definition) is 2. The van der Waals surface area contributed by atoms with Crippen LogP contribution in [0.5, 0.6) is 0 Å². The van der Waals surface area contributed by atoms with Crippen LogP contribution in [0.4, 0.5) is 0 Å². The summed E-state index contributed by atoms with van der Waals surface area (Å²) in [5.74, 6) is -0.329. The van der Waals surface area contributed by atoms with Gasteiger partial charge in [0.25, 0.3) is 0 Å². The van der Waals surface area contributed by atoms with Crippen LogP contribution in [0.25, 0.3) is 0 Å². The molecule has 0 aliphatic rings. The first-order chi connectivity index (χ1) is 28.4. The van der Waals surface area contributed by atoms with Gasteiger partial charge in [-0.05, 0) is 38.5 Å². The summed E-state index contributed by atoms with van der Waals surface area (Å²) in [6.45, 7) is 4.98. The van der Waals surface area contributed by atoms with Gasteiger partial charge in [-0.25, -0.2) is 4.57 Å². The minimum Gasteiger partial charge on any atom is -0.457 e. The molecule has 0 heterocycles. The largest absolute Gasteiger partial charge is 0.472 e. The molecule has 3 N–H and O–H groups in total. The quantitative estimate of drug-likeness (QED) is 0.0269. The van der Waals surface area contributed by atoms with Crippen LogP contribution in [0, 0.1) is 0 Å². The fraction of sp³-hybridized carbons (Fsp3) is 0.939. The van der Waals surface area contributed by atoms with E-state index in [1.165, 1.54) is 205 Å². The first-order valence-corrected chi connectivity index (χ1v) is 26.7. The minimum absolute atomic E-state index is 0.0927. The molecule has 9 heteroatoms. The number of allylic oxidation sites excluding steroid dienone is 2. The van der Waals surface area contributed by atoms with E-state index in [-0.39, 0.29) is 32.3 Å². The first kappa shape index (κ1) is 57.2. The molecule has 0 aromatic rings. The van der Waals surface area contributed by atoms with Crippen molar-refractivity contribution in [3.05, 3.63) is 12.2 Å². The summed E-state index contributed by atoms with van der Waals surface area (Å²) in [5, 5.41) is 0. The molecule has 0 aromatic carbocycles. The Labute approximate surface area is 360 Å². The van der Waals surface area contributed by atoms with Crippen molar-refractivity contribution in [1.29, 1.82) is 0 Å². The lowest BCUT2D eigenvalue weighted by molar-refractivity contribution is -0.154. The number of nitrogens with two attached hydrogens (primary N) is 1. The monoisotopic (exact) mass is 844 g/mol. The predicted octanol–water partition coefficient (Wildman–Crippen LogP) is 15.4. The molecule has 58 heavy (non-hydrogen) atoms. The lowest BCUT2D eigenvalue weighted by Crippen LogP contribution is -2.28. The van der Waals surface area contributed by atoms with E-state index in [0.29, 0.717) is 13.0 Å². The smallest absolute Gasteiger partial charge is 0.457 e. The molecule has 0 amide bonds. The normalized spacial score (nSPS) is 13.4. The lowest BCUT2D eigenvalue weighted by atomic mass is 10.0. The lowest BCUT2D eigenvalue weighted by Gasteiger charge is -2.20. The van der Waals surface area contributed by atoms with Crippen molar-refractivity contribution >= 4 is 13.8 Å². The van der Waals surface area contributed by atoms with Crippen molar-refractivity contribution in [3.8, 4) is 0 Å². The Morgan fingerprint density at radius 1 is 0.500 bits per heavy atom. The number of esters is 1. The zero-order valence-electron chi connectivity index (χ0n) is 38.6. The van der Waals surface area contributed by atoms with E-state index in [2.05, 4.69) is 26.0 Å². The van der Waals surface area contributed by atoms with Gasteiger partial charge in [-0.15, -0.1) is 0 Å². The average molecular weight is 844 g/mol. The van der Waals surface area contributed by atoms with Crippen molar-refractivity contribution in [3.63, 3.8) is 0 Å². The fourth-order valence-corrected chi connectivity index (χ4v) is 8.23. The third kappa shape index (κ3) is 46.3. The number of carbonyl (C=O) groups is 1. The van der Waals surface area contributed by atoms with Gasteiger partial charge in [0.1, 0.15) is 6.10 Å². The predicted molar refractivity (Wildman–Crippen MR) is 247 cm³/mol. The van der Waals surface area contributed by atoms with Crippen LogP contribution in [0.2, 0.25) is 0 Å². The average Bonchev–Trinajstić information content (AvgIpc) is 3.21. The molecule has 0 aliphatic heterocycles. The second kappa shape index (κ2) is 47.3. The van der Waals surface area contributed by atoms with Gasteiger partial charge in [0.2, 0.25) is 0 Å². The molecule has 8 nitrogen and oxygen atoms in total. The Morgan fingerprint density at radius 3 is 1.26 bits per heavy atom. The third-order valence-electron chi connectivity index (χ3n) is 11.2. The maximum atomic E-state index is 12.6. The Morgan fingerprint density at radius 2 is 0.862 bits per heavy atom. The number of carbonyl (C=O) groups excluding carboxylic acids is 1. The highest BCUT2D eigenvalue weighted by Gasteiger charge is 2.25. The minimum atomic E-state index is -4.28. The van der Waals surface area contributed by atoms with Crippen molar-refractivity contribution in [2.24, 2.45) is 5.73 Å². The van der Waals surface area contributed by atoms with Crippen LogP contribution in [0.1, 0.15) is 258 Å². The molecule has 0 fully saturated rings. The van der Waals surface area contributed by atoms with Crippen LogP contribution in [-0.4, -0.2) is 49.9 Å². The maximum Gasteiger partial charge on any atom is 0.472 e. The van der Waals surface area contributed by atoms with Gasteiger partial charge >= 0.3 is 13.8 Å². The van der Waals surface area contributed by atoms with Gasteiger partial charge in [-0.3, -0.25) is 13.8 Å². The van der Waals surface area contributed by atoms with E-state index in [9.17, 15) is 14.3 Å². The highest BCUT2D eigenvalue weighted by molar-refractivity contribution is 7.47. The second-order valence-electron chi connectivity index (χ2n) is 17.0. The molecule has 0 saturated carbocycles. The van der Waals surface area contributed by atoms with E-state index >= 15 is 0 Å². The summed E-state index contributed by atoms with van der Waals surface area (Å²) < 4.78 is 33.6. The zero-order chi connectivity index (χ0) is 42.3. The molecular weight excluding hydrogens is 746 g/mol. The van der Waals surface area contributed by atoms with Crippen molar-refractivity contribution < 1.29 is 32.8 Å². The molecule has 0 radical (unpaired) electrons. The molecule has 0 bridgehead atoms.